The first-order valence-corrected chi connectivity index (χ1v) is 5.65. The van der Waals surface area contributed by atoms with E-state index in [0.717, 1.165) is 17.9 Å². The van der Waals surface area contributed by atoms with Crippen LogP contribution in [0, 0.1) is 10.7 Å². The maximum Gasteiger partial charge on any atom is 0.195 e. The number of rotatable bonds is 3. The summed E-state index contributed by atoms with van der Waals surface area (Å²) in [6.07, 6.45) is 3.54. The van der Waals surface area contributed by atoms with Crippen molar-refractivity contribution >= 4 is 12.2 Å². The molecule has 0 aliphatic carbocycles. The van der Waals surface area contributed by atoms with Crippen LogP contribution in [-0.4, -0.2) is 19.7 Å². The third-order valence-corrected chi connectivity index (χ3v) is 2.54. The molecule has 0 radical (unpaired) electrons. The van der Waals surface area contributed by atoms with E-state index in [1.165, 1.54) is 0 Å². The second kappa shape index (κ2) is 4.57. The van der Waals surface area contributed by atoms with Crippen molar-refractivity contribution in [1.82, 2.24) is 19.7 Å². The van der Waals surface area contributed by atoms with Gasteiger partial charge in [-0.3, -0.25) is 14.6 Å². The van der Waals surface area contributed by atoms with Gasteiger partial charge in [0.05, 0.1) is 0 Å². The normalized spacial score (nSPS) is 10.9. The van der Waals surface area contributed by atoms with Crippen LogP contribution < -0.4 is 0 Å². The van der Waals surface area contributed by atoms with Crippen molar-refractivity contribution in [3.05, 3.63) is 29.3 Å². The average molecular weight is 234 g/mol. The van der Waals surface area contributed by atoms with E-state index >= 15 is 0 Å². The number of nitrogens with one attached hydrogen (secondary N) is 1. The predicted molar refractivity (Wildman–Crippen MR) is 65.5 cm³/mol. The molecule has 2 heterocycles. The summed E-state index contributed by atoms with van der Waals surface area (Å²) in [5.41, 5.74) is 0.982. The van der Waals surface area contributed by atoms with Crippen molar-refractivity contribution in [2.75, 3.05) is 0 Å². The summed E-state index contributed by atoms with van der Waals surface area (Å²) in [5.74, 6) is 1.38. The Morgan fingerprint density at radius 3 is 2.94 bits per heavy atom. The zero-order valence-electron chi connectivity index (χ0n) is 9.34. The lowest BCUT2D eigenvalue weighted by Gasteiger charge is -2.08. The molecule has 5 heteroatoms. The Morgan fingerprint density at radius 1 is 1.50 bits per heavy atom. The number of nitrogens with zero attached hydrogens (tertiary/aromatic N) is 3. The molecule has 2 aromatic rings. The zero-order valence-corrected chi connectivity index (χ0v) is 10.2. The Morgan fingerprint density at radius 2 is 2.31 bits per heavy atom. The topological polar surface area (TPSA) is 46.5 Å². The van der Waals surface area contributed by atoms with Gasteiger partial charge in [-0.2, -0.15) is 5.10 Å². The van der Waals surface area contributed by atoms with E-state index in [4.69, 9.17) is 12.2 Å². The number of hydrogen-bond acceptors (Lipinski definition) is 3. The summed E-state index contributed by atoms with van der Waals surface area (Å²) in [6, 6.07) is 3.88. The van der Waals surface area contributed by atoms with E-state index in [1.807, 2.05) is 16.7 Å². The van der Waals surface area contributed by atoms with Crippen LogP contribution >= 0.6 is 12.2 Å². The first-order valence-electron chi connectivity index (χ1n) is 5.24. The minimum Gasteiger partial charge on any atom is -0.300 e. The lowest BCUT2D eigenvalue weighted by Crippen LogP contribution is -2.06. The Labute approximate surface area is 99.4 Å². The number of hydrogen-bond donors (Lipinski definition) is 1. The molecule has 0 fully saturated rings. The molecule has 16 heavy (non-hydrogen) atoms. The summed E-state index contributed by atoms with van der Waals surface area (Å²) in [6.45, 7) is 5.17. The van der Waals surface area contributed by atoms with Gasteiger partial charge in [0.2, 0.25) is 0 Å². The number of H-pyrrole nitrogens is 1. The summed E-state index contributed by atoms with van der Waals surface area (Å²) >= 11 is 5.22. The number of aromatic amines is 1. The van der Waals surface area contributed by atoms with E-state index in [-0.39, 0.29) is 0 Å². The van der Waals surface area contributed by atoms with Gasteiger partial charge in [-0.25, -0.2) is 0 Å². The average Bonchev–Trinajstić information content (AvgIpc) is 2.61. The van der Waals surface area contributed by atoms with Crippen molar-refractivity contribution in [3.8, 4) is 11.4 Å². The second-order valence-corrected chi connectivity index (χ2v) is 4.49. The molecular formula is C11H14N4S. The highest BCUT2D eigenvalue weighted by molar-refractivity contribution is 7.71. The van der Waals surface area contributed by atoms with Gasteiger partial charge in [0.25, 0.3) is 0 Å². The Balaban J connectivity index is 2.46. The van der Waals surface area contributed by atoms with Gasteiger partial charge in [0.15, 0.2) is 10.6 Å². The lowest BCUT2D eigenvalue weighted by molar-refractivity contribution is 0.521. The van der Waals surface area contributed by atoms with Crippen LogP contribution in [0.2, 0.25) is 0 Å². The molecule has 84 valence electrons. The van der Waals surface area contributed by atoms with Crippen molar-refractivity contribution in [2.45, 2.75) is 20.4 Å². The Bertz CT molecular complexity index is 512. The number of pyridine rings is 1. The van der Waals surface area contributed by atoms with E-state index in [2.05, 4.69) is 29.0 Å². The van der Waals surface area contributed by atoms with Crippen LogP contribution in [0.5, 0.6) is 0 Å². The molecule has 0 unspecified atom stereocenters. The molecule has 0 aliphatic heterocycles. The minimum absolute atomic E-state index is 0.528. The fourth-order valence-corrected chi connectivity index (χ4v) is 1.77. The smallest absolute Gasteiger partial charge is 0.195 e. The summed E-state index contributed by atoms with van der Waals surface area (Å²) in [5, 5.41) is 7.07. The summed E-state index contributed by atoms with van der Waals surface area (Å²) < 4.78 is 2.67. The van der Waals surface area contributed by atoms with E-state index in [9.17, 15) is 0 Å². The van der Waals surface area contributed by atoms with Crippen LogP contribution in [0.25, 0.3) is 11.4 Å². The molecule has 0 amide bonds. The van der Waals surface area contributed by atoms with Crippen LogP contribution in [-0.2, 0) is 6.54 Å². The van der Waals surface area contributed by atoms with Gasteiger partial charge in [-0.15, -0.1) is 0 Å². The highest BCUT2D eigenvalue weighted by Gasteiger charge is 2.09. The molecule has 0 saturated carbocycles. The monoisotopic (exact) mass is 234 g/mol. The highest BCUT2D eigenvalue weighted by atomic mass is 32.1. The van der Waals surface area contributed by atoms with Crippen molar-refractivity contribution in [1.29, 1.82) is 0 Å². The maximum absolute atomic E-state index is 5.22. The molecule has 2 rings (SSSR count). The minimum atomic E-state index is 0.528. The molecule has 0 aromatic carbocycles. The Kier molecular flexibility index (Phi) is 3.14. The standard InChI is InChI=1S/C11H14N4S/c1-8(2)7-15-10(13-14-11(15)16)9-4-3-5-12-6-9/h3-6,8H,7H2,1-2H3,(H,14,16). The fraction of sp³-hybridized carbons (Fsp3) is 0.364. The largest absolute Gasteiger partial charge is 0.300 e. The molecule has 0 bridgehead atoms. The highest BCUT2D eigenvalue weighted by Crippen LogP contribution is 2.16. The molecular weight excluding hydrogens is 220 g/mol. The SMILES string of the molecule is CC(C)Cn1c(-c2cccnc2)n[nH]c1=S. The van der Waals surface area contributed by atoms with Crippen molar-refractivity contribution in [2.24, 2.45) is 5.92 Å². The molecule has 2 aromatic heterocycles. The number of aromatic nitrogens is 4. The Hall–Kier alpha value is -1.49. The maximum atomic E-state index is 5.22. The van der Waals surface area contributed by atoms with E-state index in [1.54, 1.807) is 12.4 Å². The van der Waals surface area contributed by atoms with Crippen LogP contribution in [0.3, 0.4) is 0 Å². The molecule has 0 spiro atoms. The van der Waals surface area contributed by atoms with Gasteiger partial charge in [0, 0.05) is 24.5 Å². The van der Waals surface area contributed by atoms with Crippen LogP contribution in [0.4, 0.5) is 0 Å². The van der Waals surface area contributed by atoms with E-state index < -0.39 is 0 Å². The van der Waals surface area contributed by atoms with Gasteiger partial charge < -0.3 is 0 Å². The third-order valence-electron chi connectivity index (χ3n) is 2.23. The van der Waals surface area contributed by atoms with Gasteiger partial charge in [-0.1, -0.05) is 13.8 Å². The lowest BCUT2D eigenvalue weighted by atomic mass is 10.2. The predicted octanol–water partition coefficient (Wildman–Crippen LogP) is 2.66. The van der Waals surface area contributed by atoms with Crippen molar-refractivity contribution in [3.63, 3.8) is 0 Å². The summed E-state index contributed by atoms with van der Waals surface area (Å²) in [4.78, 5) is 4.09. The third kappa shape index (κ3) is 2.19. The molecule has 1 N–H and O–H groups in total. The molecule has 0 atom stereocenters. The first-order chi connectivity index (χ1) is 7.68. The fourth-order valence-electron chi connectivity index (χ4n) is 1.57. The zero-order chi connectivity index (χ0) is 11.5. The second-order valence-electron chi connectivity index (χ2n) is 4.10. The molecule has 4 nitrogen and oxygen atoms in total. The molecule has 0 saturated heterocycles. The molecule has 0 aliphatic rings. The van der Waals surface area contributed by atoms with Gasteiger partial charge in [-0.05, 0) is 30.3 Å². The van der Waals surface area contributed by atoms with Gasteiger partial charge in [0.1, 0.15) is 0 Å². The first kappa shape index (κ1) is 11.0. The van der Waals surface area contributed by atoms with Crippen LogP contribution in [0.15, 0.2) is 24.5 Å². The summed E-state index contributed by atoms with van der Waals surface area (Å²) in [7, 11) is 0. The van der Waals surface area contributed by atoms with Gasteiger partial charge >= 0.3 is 0 Å². The van der Waals surface area contributed by atoms with E-state index in [0.29, 0.717) is 10.7 Å². The quantitative estimate of drug-likeness (QED) is 0.830. The van der Waals surface area contributed by atoms with Crippen LogP contribution in [0.1, 0.15) is 13.8 Å². The van der Waals surface area contributed by atoms with Crippen molar-refractivity contribution < 1.29 is 0 Å².